The maximum absolute atomic E-state index is 10.1. The quantitative estimate of drug-likeness (QED) is 0.634. The smallest absolute Gasteiger partial charge is 0.303 e. The molecule has 0 radical (unpaired) electrons. The average molecular weight is 184 g/mol. The fraction of sp³-hybridized carbons (Fsp3) is 0.500. The Morgan fingerprint density at radius 3 is 3.15 bits per heavy atom. The van der Waals surface area contributed by atoms with Crippen molar-refractivity contribution in [2.24, 2.45) is 0 Å². The maximum atomic E-state index is 10.1. The molecule has 0 aliphatic rings. The maximum Gasteiger partial charge on any atom is 0.303 e. The van der Waals surface area contributed by atoms with Crippen molar-refractivity contribution in [3.8, 4) is 0 Å². The number of carbonyl (C=O) groups is 1. The molecule has 0 aliphatic heterocycles. The zero-order valence-electron chi connectivity index (χ0n) is 7.19. The number of aliphatic carboxylic acids is 1. The van der Waals surface area contributed by atoms with Crippen molar-refractivity contribution in [1.29, 1.82) is 0 Å². The number of oxazole rings is 1. The van der Waals surface area contributed by atoms with Crippen LogP contribution >= 0.6 is 0 Å². The lowest BCUT2D eigenvalue weighted by Gasteiger charge is -1.99. The molecular weight excluding hydrogens is 172 g/mol. The fourth-order valence-electron chi connectivity index (χ4n) is 0.906. The van der Waals surface area contributed by atoms with Crippen LogP contribution in [0.4, 0.5) is 0 Å². The van der Waals surface area contributed by atoms with E-state index in [1.54, 1.807) is 6.20 Å². The summed E-state index contributed by atoms with van der Waals surface area (Å²) >= 11 is 0. The SMILES string of the molecule is O=C(O)CCCNCc1cnco1. The number of nitrogens with one attached hydrogen (secondary N) is 1. The Morgan fingerprint density at radius 1 is 1.69 bits per heavy atom. The van der Waals surface area contributed by atoms with Crippen LogP contribution in [0.15, 0.2) is 17.0 Å². The van der Waals surface area contributed by atoms with Gasteiger partial charge in [-0.1, -0.05) is 0 Å². The van der Waals surface area contributed by atoms with Crippen LogP contribution in [0.3, 0.4) is 0 Å². The van der Waals surface area contributed by atoms with Gasteiger partial charge in [-0.15, -0.1) is 0 Å². The third-order valence-corrected chi connectivity index (χ3v) is 1.53. The van der Waals surface area contributed by atoms with Gasteiger partial charge in [-0.2, -0.15) is 0 Å². The molecule has 1 heterocycles. The highest BCUT2D eigenvalue weighted by atomic mass is 16.4. The minimum Gasteiger partial charge on any atom is -0.481 e. The lowest BCUT2D eigenvalue weighted by atomic mass is 10.3. The van der Waals surface area contributed by atoms with Gasteiger partial charge in [0.25, 0.3) is 0 Å². The third-order valence-electron chi connectivity index (χ3n) is 1.53. The summed E-state index contributed by atoms with van der Waals surface area (Å²) in [5.74, 6) is -0.00297. The summed E-state index contributed by atoms with van der Waals surface area (Å²) in [6.07, 6.45) is 3.82. The van der Waals surface area contributed by atoms with E-state index in [4.69, 9.17) is 9.52 Å². The summed E-state index contributed by atoms with van der Waals surface area (Å²) in [7, 11) is 0. The van der Waals surface area contributed by atoms with E-state index in [-0.39, 0.29) is 6.42 Å². The van der Waals surface area contributed by atoms with Crippen molar-refractivity contribution in [3.63, 3.8) is 0 Å². The largest absolute Gasteiger partial charge is 0.481 e. The van der Waals surface area contributed by atoms with E-state index in [2.05, 4.69) is 10.3 Å². The Labute approximate surface area is 75.8 Å². The van der Waals surface area contributed by atoms with E-state index >= 15 is 0 Å². The number of aromatic nitrogens is 1. The molecule has 1 rings (SSSR count). The summed E-state index contributed by atoms with van der Waals surface area (Å²) in [6, 6.07) is 0. The minimum atomic E-state index is -0.763. The molecule has 0 saturated carbocycles. The monoisotopic (exact) mass is 184 g/mol. The number of carboxylic acid groups (broad SMARTS) is 1. The van der Waals surface area contributed by atoms with Crippen molar-refractivity contribution < 1.29 is 14.3 Å². The van der Waals surface area contributed by atoms with Crippen LogP contribution in [0.5, 0.6) is 0 Å². The summed E-state index contributed by atoms with van der Waals surface area (Å²) in [4.78, 5) is 13.9. The second-order valence-corrected chi connectivity index (χ2v) is 2.64. The molecule has 2 N–H and O–H groups in total. The van der Waals surface area contributed by atoms with Crippen LogP contribution < -0.4 is 5.32 Å². The van der Waals surface area contributed by atoms with Crippen molar-refractivity contribution in [2.45, 2.75) is 19.4 Å². The molecule has 1 aromatic rings. The number of hydrogen-bond acceptors (Lipinski definition) is 4. The first-order chi connectivity index (χ1) is 6.29. The molecule has 0 saturated heterocycles. The Balaban J connectivity index is 1.99. The lowest BCUT2D eigenvalue weighted by molar-refractivity contribution is -0.137. The van der Waals surface area contributed by atoms with Gasteiger partial charge in [-0.25, -0.2) is 4.98 Å². The van der Waals surface area contributed by atoms with Crippen LogP contribution in [-0.4, -0.2) is 22.6 Å². The summed E-state index contributed by atoms with van der Waals surface area (Å²) in [5, 5.41) is 11.4. The number of carboxylic acids is 1. The van der Waals surface area contributed by atoms with E-state index in [1.807, 2.05) is 0 Å². The Hall–Kier alpha value is -1.36. The van der Waals surface area contributed by atoms with Gasteiger partial charge in [0.15, 0.2) is 6.39 Å². The topological polar surface area (TPSA) is 75.4 Å². The number of nitrogens with zero attached hydrogens (tertiary/aromatic N) is 1. The third kappa shape index (κ3) is 4.27. The van der Waals surface area contributed by atoms with E-state index in [0.717, 1.165) is 5.76 Å². The van der Waals surface area contributed by atoms with Gasteiger partial charge < -0.3 is 14.8 Å². The van der Waals surface area contributed by atoms with Crippen molar-refractivity contribution in [1.82, 2.24) is 10.3 Å². The summed E-state index contributed by atoms with van der Waals surface area (Å²) < 4.78 is 4.97. The molecule has 5 nitrogen and oxygen atoms in total. The predicted octanol–water partition coefficient (Wildman–Crippen LogP) is 0.629. The molecule has 13 heavy (non-hydrogen) atoms. The van der Waals surface area contributed by atoms with Crippen LogP contribution in [0.25, 0.3) is 0 Å². The molecular formula is C8H12N2O3. The first-order valence-corrected chi connectivity index (χ1v) is 4.09. The molecule has 0 spiro atoms. The van der Waals surface area contributed by atoms with E-state index < -0.39 is 5.97 Å². The lowest BCUT2D eigenvalue weighted by Crippen LogP contribution is -2.15. The summed E-state index contributed by atoms with van der Waals surface area (Å²) in [6.45, 7) is 1.27. The van der Waals surface area contributed by atoms with Gasteiger partial charge in [0, 0.05) is 6.42 Å². The van der Waals surface area contributed by atoms with Crippen LogP contribution in [0.2, 0.25) is 0 Å². The fourth-order valence-corrected chi connectivity index (χ4v) is 0.906. The van der Waals surface area contributed by atoms with Gasteiger partial charge in [0.05, 0.1) is 12.7 Å². The van der Waals surface area contributed by atoms with Crippen LogP contribution in [0.1, 0.15) is 18.6 Å². The summed E-state index contributed by atoms with van der Waals surface area (Å²) in [5.41, 5.74) is 0. The molecule has 5 heteroatoms. The number of hydrogen-bond donors (Lipinski definition) is 2. The molecule has 0 bridgehead atoms. The van der Waals surface area contributed by atoms with Gasteiger partial charge in [0.1, 0.15) is 5.76 Å². The average Bonchev–Trinajstić information content (AvgIpc) is 2.55. The second-order valence-electron chi connectivity index (χ2n) is 2.64. The highest BCUT2D eigenvalue weighted by Gasteiger charge is 1.97. The van der Waals surface area contributed by atoms with Crippen molar-refractivity contribution in [2.75, 3.05) is 6.54 Å². The van der Waals surface area contributed by atoms with Gasteiger partial charge in [0.2, 0.25) is 0 Å². The zero-order chi connectivity index (χ0) is 9.52. The molecule has 0 aliphatic carbocycles. The van der Waals surface area contributed by atoms with E-state index in [9.17, 15) is 4.79 Å². The molecule has 0 amide bonds. The van der Waals surface area contributed by atoms with Crippen LogP contribution in [-0.2, 0) is 11.3 Å². The molecule has 0 fully saturated rings. The Morgan fingerprint density at radius 2 is 2.54 bits per heavy atom. The van der Waals surface area contributed by atoms with E-state index in [0.29, 0.717) is 19.5 Å². The second kappa shape index (κ2) is 5.31. The molecule has 1 aromatic heterocycles. The van der Waals surface area contributed by atoms with Gasteiger partial charge in [-0.3, -0.25) is 4.79 Å². The van der Waals surface area contributed by atoms with Crippen molar-refractivity contribution >= 4 is 5.97 Å². The predicted molar refractivity (Wildman–Crippen MR) is 45.1 cm³/mol. The first-order valence-electron chi connectivity index (χ1n) is 4.09. The van der Waals surface area contributed by atoms with Crippen molar-refractivity contribution in [3.05, 3.63) is 18.4 Å². The molecule has 0 atom stereocenters. The first kappa shape index (κ1) is 9.73. The molecule has 0 aromatic carbocycles. The molecule has 72 valence electrons. The highest BCUT2D eigenvalue weighted by molar-refractivity contribution is 5.66. The normalized spacial score (nSPS) is 10.2. The standard InChI is InChI=1S/C8H12N2O3/c11-8(12)2-1-3-9-4-7-5-10-6-13-7/h5-6,9H,1-4H2,(H,11,12). The zero-order valence-corrected chi connectivity index (χ0v) is 7.19. The van der Waals surface area contributed by atoms with Gasteiger partial charge in [-0.05, 0) is 13.0 Å². The Bertz CT molecular complexity index is 246. The van der Waals surface area contributed by atoms with Gasteiger partial charge >= 0.3 is 5.97 Å². The Kier molecular flexibility index (Phi) is 3.98. The minimum absolute atomic E-state index is 0.198. The number of rotatable bonds is 6. The highest BCUT2D eigenvalue weighted by Crippen LogP contribution is 1.95. The van der Waals surface area contributed by atoms with E-state index in [1.165, 1.54) is 6.39 Å². The van der Waals surface area contributed by atoms with Crippen LogP contribution in [0, 0.1) is 0 Å². The molecule has 0 unspecified atom stereocenters.